The number of nitrogens with one attached hydrogen (secondary N) is 1. The molecule has 0 bridgehead atoms. The van der Waals surface area contributed by atoms with Crippen molar-refractivity contribution in [3.8, 4) is 0 Å². The van der Waals surface area contributed by atoms with Crippen molar-refractivity contribution in [3.05, 3.63) is 0 Å². The van der Waals surface area contributed by atoms with Gasteiger partial charge in [0.15, 0.2) is 0 Å². The van der Waals surface area contributed by atoms with Gasteiger partial charge >= 0.3 is 0 Å². The van der Waals surface area contributed by atoms with Crippen molar-refractivity contribution < 1.29 is 9.59 Å². The summed E-state index contributed by atoms with van der Waals surface area (Å²) in [4.78, 5) is 26.4. The van der Waals surface area contributed by atoms with E-state index in [0.29, 0.717) is 18.8 Å². The Bertz CT molecular complexity index is 413. The second-order valence-corrected chi connectivity index (χ2v) is 6.52. The van der Waals surface area contributed by atoms with Gasteiger partial charge in [-0.1, -0.05) is 19.1 Å². The summed E-state index contributed by atoms with van der Waals surface area (Å²) in [6.45, 7) is 3.72. The number of thiocarbonyl (C=S) groups is 1. The topological polar surface area (TPSA) is 75.4 Å². The Labute approximate surface area is 125 Å². The quantitative estimate of drug-likeness (QED) is 0.753. The lowest BCUT2D eigenvalue weighted by atomic mass is 9.62. The number of hydrogen-bond acceptors (Lipinski definition) is 3. The molecule has 3 N–H and O–H groups in total. The molecular formula is C14H23N3O2S. The molecule has 20 heavy (non-hydrogen) atoms. The van der Waals surface area contributed by atoms with Crippen LogP contribution in [0, 0.1) is 11.3 Å². The first-order valence-corrected chi connectivity index (χ1v) is 7.72. The molecule has 0 aromatic heterocycles. The highest BCUT2D eigenvalue weighted by Crippen LogP contribution is 2.45. The van der Waals surface area contributed by atoms with Crippen molar-refractivity contribution in [2.75, 3.05) is 19.6 Å². The van der Waals surface area contributed by atoms with Gasteiger partial charge in [0, 0.05) is 13.1 Å². The molecule has 1 aliphatic carbocycles. The van der Waals surface area contributed by atoms with E-state index in [-0.39, 0.29) is 23.3 Å². The highest BCUT2D eigenvalue weighted by molar-refractivity contribution is 7.80. The molecule has 5 nitrogen and oxygen atoms in total. The molecule has 1 aliphatic heterocycles. The van der Waals surface area contributed by atoms with Gasteiger partial charge in [0.1, 0.15) is 0 Å². The molecule has 2 amide bonds. The molecule has 0 unspecified atom stereocenters. The minimum Gasteiger partial charge on any atom is -0.392 e. The van der Waals surface area contributed by atoms with Crippen LogP contribution < -0.4 is 11.1 Å². The van der Waals surface area contributed by atoms with Crippen molar-refractivity contribution >= 4 is 29.0 Å². The van der Waals surface area contributed by atoms with E-state index < -0.39 is 5.41 Å². The summed E-state index contributed by atoms with van der Waals surface area (Å²) < 4.78 is 0. The Balaban J connectivity index is 1.85. The molecule has 0 radical (unpaired) electrons. The SMILES string of the molecule is CC1CC(C(=O)NCC(=O)N2CCCCC2)(C(N)=S)C1. The first kappa shape index (κ1) is 15.2. The van der Waals surface area contributed by atoms with Crippen molar-refractivity contribution in [2.45, 2.75) is 39.0 Å². The van der Waals surface area contributed by atoms with Gasteiger partial charge in [-0.3, -0.25) is 9.59 Å². The summed E-state index contributed by atoms with van der Waals surface area (Å²) in [6.07, 6.45) is 4.65. The predicted octanol–water partition coefficient (Wildman–Crippen LogP) is 0.817. The average Bonchev–Trinajstić information content (AvgIpc) is 2.41. The van der Waals surface area contributed by atoms with Gasteiger partial charge < -0.3 is 16.0 Å². The van der Waals surface area contributed by atoms with Crippen LogP contribution in [0.5, 0.6) is 0 Å². The van der Waals surface area contributed by atoms with Crippen LogP contribution >= 0.6 is 12.2 Å². The van der Waals surface area contributed by atoms with E-state index >= 15 is 0 Å². The summed E-state index contributed by atoms with van der Waals surface area (Å²) in [7, 11) is 0. The maximum Gasteiger partial charge on any atom is 0.241 e. The van der Waals surface area contributed by atoms with Crippen LogP contribution in [0.3, 0.4) is 0 Å². The van der Waals surface area contributed by atoms with Crippen LogP contribution in [-0.2, 0) is 9.59 Å². The van der Waals surface area contributed by atoms with Gasteiger partial charge in [0.25, 0.3) is 0 Å². The molecule has 2 rings (SSSR count). The number of carbonyl (C=O) groups is 2. The summed E-state index contributed by atoms with van der Waals surface area (Å²) in [6, 6.07) is 0. The van der Waals surface area contributed by atoms with Crippen LogP contribution in [0.15, 0.2) is 0 Å². The molecular weight excluding hydrogens is 274 g/mol. The second-order valence-electron chi connectivity index (χ2n) is 6.08. The molecule has 1 heterocycles. The lowest BCUT2D eigenvalue weighted by Crippen LogP contribution is -2.57. The van der Waals surface area contributed by atoms with Crippen molar-refractivity contribution in [1.29, 1.82) is 0 Å². The van der Waals surface area contributed by atoms with Gasteiger partial charge in [0.05, 0.1) is 16.9 Å². The Hall–Kier alpha value is -1.17. The minimum atomic E-state index is -0.725. The van der Waals surface area contributed by atoms with Gasteiger partial charge in [-0.15, -0.1) is 0 Å². The van der Waals surface area contributed by atoms with Crippen molar-refractivity contribution in [1.82, 2.24) is 10.2 Å². The number of carbonyl (C=O) groups excluding carboxylic acids is 2. The fraction of sp³-hybridized carbons (Fsp3) is 0.786. The lowest BCUT2D eigenvalue weighted by Gasteiger charge is -2.44. The van der Waals surface area contributed by atoms with E-state index in [0.717, 1.165) is 25.9 Å². The van der Waals surface area contributed by atoms with E-state index in [1.165, 1.54) is 6.42 Å². The fourth-order valence-electron chi connectivity index (χ4n) is 3.21. The smallest absolute Gasteiger partial charge is 0.241 e. The fourth-order valence-corrected chi connectivity index (χ4v) is 3.47. The molecule has 2 fully saturated rings. The number of rotatable bonds is 4. The molecule has 6 heteroatoms. The van der Waals surface area contributed by atoms with Gasteiger partial charge in [-0.2, -0.15) is 0 Å². The first-order valence-electron chi connectivity index (χ1n) is 7.32. The largest absolute Gasteiger partial charge is 0.392 e. The van der Waals surface area contributed by atoms with Crippen molar-refractivity contribution in [3.63, 3.8) is 0 Å². The highest BCUT2D eigenvalue weighted by atomic mass is 32.1. The Kier molecular flexibility index (Phi) is 4.62. The van der Waals surface area contributed by atoms with Gasteiger partial charge in [-0.25, -0.2) is 0 Å². The van der Waals surface area contributed by atoms with E-state index in [4.69, 9.17) is 18.0 Å². The standard InChI is InChI=1S/C14H23N3O2S/c1-10-7-14(8-10,12(15)20)13(19)16-9-11(18)17-5-3-2-4-6-17/h10H,2-9H2,1H3,(H2,15,20)(H,16,19). The molecule has 1 saturated carbocycles. The lowest BCUT2D eigenvalue weighted by molar-refractivity contribution is -0.138. The first-order chi connectivity index (χ1) is 9.45. The zero-order valence-corrected chi connectivity index (χ0v) is 12.8. The molecule has 2 aliphatic rings. The number of piperidine rings is 1. The van der Waals surface area contributed by atoms with Crippen LogP contribution in [0.25, 0.3) is 0 Å². The molecule has 0 atom stereocenters. The molecule has 0 aromatic carbocycles. The molecule has 112 valence electrons. The van der Waals surface area contributed by atoms with Crippen LogP contribution in [0.1, 0.15) is 39.0 Å². The molecule has 0 aromatic rings. The van der Waals surface area contributed by atoms with Gasteiger partial charge in [0.2, 0.25) is 11.8 Å². The number of nitrogens with zero attached hydrogens (tertiary/aromatic N) is 1. The summed E-state index contributed by atoms with van der Waals surface area (Å²) in [5, 5.41) is 2.73. The maximum absolute atomic E-state index is 12.3. The Morgan fingerprint density at radius 2 is 1.90 bits per heavy atom. The van der Waals surface area contributed by atoms with Crippen molar-refractivity contribution in [2.24, 2.45) is 17.1 Å². The van der Waals surface area contributed by atoms with Gasteiger partial charge in [-0.05, 0) is 38.0 Å². The monoisotopic (exact) mass is 297 g/mol. The summed E-state index contributed by atoms with van der Waals surface area (Å²) in [5.41, 5.74) is 5.00. The minimum absolute atomic E-state index is 0.0106. The normalized spacial score (nSPS) is 29.4. The van der Waals surface area contributed by atoms with Crippen LogP contribution in [0.4, 0.5) is 0 Å². The number of nitrogens with two attached hydrogens (primary N) is 1. The zero-order chi connectivity index (χ0) is 14.8. The molecule has 0 spiro atoms. The number of hydrogen-bond donors (Lipinski definition) is 2. The summed E-state index contributed by atoms with van der Waals surface area (Å²) in [5.74, 6) is 0.261. The second kappa shape index (κ2) is 6.08. The number of amides is 2. The third-order valence-electron chi connectivity index (χ3n) is 4.41. The Morgan fingerprint density at radius 3 is 2.40 bits per heavy atom. The molecule has 1 saturated heterocycles. The third-order valence-corrected chi connectivity index (χ3v) is 4.80. The third kappa shape index (κ3) is 2.95. The van der Waals surface area contributed by atoms with E-state index in [1.54, 1.807) is 0 Å². The zero-order valence-electron chi connectivity index (χ0n) is 12.0. The van der Waals surface area contributed by atoms with E-state index in [2.05, 4.69) is 12.2 Å². The highest BCUT2D eigenvalue weighted by Gasteiger charge is 2.50. The van der Waals surface area contributed by atoms with E-state index in [1.807, 2.05) is 4.90 Å². The number of likely N-dealkylation sites (tertiary alicyclic amines) is 1. The van der Waals surface area contributed by atoms with Crippen LogP contribution in [0.2, 0.25) is 0 Å². The van der Waals surface area contributed by atoms with Crippen LogP contribution in [-0.4, -0.2) is 41.3 Å². The average molecular weight is 297 g/mol. The Morgan fingerprint density at radius 1 is 1.30 bits per heavy atom. The summed E-state index contributed by atoms with van der Waals surface area (Å²) >= 11 is 5.04. The predicted molar refractivity (Wildman–Crippen MR) is 81.1 cm³/mol. The maximum atomic E-state index is 12.3. The van der Waals surface area contributed by atoms with E-state index in [9.17, 15) is 9.59 Å².